The number of hydrogen-bond acceptors (Lipinski definition) is 8. The van der Waals surface area contributed by atoms with Crippen molar-refractivity contribution in [2.45, 2.75) is 52.1 Å². The highest BCUT2D eigenvalue weighted by atomic mass is 19.4. The average molecular weight is 709 g/mol. The van der Waals surface area contributed by atoms with Gasteiger partial charge in [-0.2, -0.15) is 13.2 Å². The molecule has 278 valence electrons. The van der Waals surface area contributed by atoms with Crippen molar-refractivity contribution in [1.29, 1.82) is 0 Å². The number of halogens is 4. The summed E-state index contributed by atoms with van der Waals surface area (Å²) in [4.78, 5) is 11.7. The summed E-state index contributed by atoms with van der Waals surface area (Å²) in [7, 11) is 3.44. The van der Waals surface area contributed by atoms with Gasteiger partial charge in [0.1, 0.15) is 18.5 Å². The maximum Gasteiger partial charge on any atom is 0.406 e. The number of benzene rings is 2. The number of aryl methyl sites for hydroxylation is 1. The van der Waals surface area contributed by atoms with Gasteiger partial charge in [0.05, 0.1) is 63.0 Å². The maximum absolute atomic E-state index is 14.6. The quantitative estimate of drug-likeness (QED) is 0.0739. The minimum Gasteiger partial charge on any atom is -0.495 e. The molecule has 0 bridgehead atoms. The van der Waals surface area contributed by atoms with Gasteiger partial charge in [0, 0.05) is 37.3 Å². The molecule has 1 fully saturated rings. The summed E-state index contributed by atoms with van der Waals surface area (Å²) in [6, 6.07) is 12.0. The number of anilines is 2. The fourth-order valence-electron chi connectivity index (χ4n) is 5.10. The van der Waals surface area contributed by atoms with E-state index < -0.39 is 24.9 Å². The SMILES string of the molecule is CC.COc1cc(C)ccc1NCC#Cc1cc2c(NC3CCN(C)CC3F)cccc2n1CC(F)(F)F.NCCOCCOCCNC=O. The third-order valence-electron chi connectivity index (χ3n) is 7.42. The van der Waals surface area contributed by atoms with Crippen LogP contribution in [0.5, 0.6) is 5.75 Å². The zero-order valence-electron chi connectivity index (χ0n) is 29.7. The number of hydrogen-bond donors (Lipinski definition) is 4. The Hall–Kier alpha value is -4.03. The van der Waals surface area contributed by atoms with Crippen molar-refractivity contribution in [2.75, 3.05) is 83.9 Å². The van der Waals surface area contributed by atoms with Gasteiger partial charge in [-0.1, -0.05) is 31.9 Å². The molecular formula is C36H52F4N6O4. The van der Waals surface area contributed by atoms with E-state index in [4.69, 9.17) is 19.9 Å². The highest BCUT2D eigenvalue weighted by molar-refractivity contribution is 5.94. The molecule has 3 aromatic rings. The number of amides is 1. The third-order valence-corrected chi connectivity index (χ3v) is 7.42. The Morgan fingerprint density at radius 3 is 2.46 bits per heavy atom. The molecule has 0 aliphatic carbocycles. The number of carbonyl (C=O) groups excluding carboxylic acids is 1. The van der Waals surface area contributed by atoms with Crippen LogP contribution in [0.4, 0.5) is 28.9 Å². The first-order valence-corrected chi connectivity index (χ1v) is 16.7. The Morgan fingerprint density at radius 2 is 1.80 bits per heavy atom. The van der Waals surface area contributed by atoms with E-state index in [0.29, 0.717) is 81.2 Å². The molecule has 1 saturated heterocycles. The largest absolute Gasteiger partial charge is 0.495 e. The standard InChI is InChI=1S/C27H30F4N4O.C7H16N2O3.C2H6/c1-18-9-10-24(26(14-18)36-3)32-12-5-6-19-15-20-22(33-23-11-13-34(2)16-21(23)28)7-4-8-25(20)35(19)17-27(29,30)31;8-1-3-11-5-6-12-4-2-9-7-10;1-2/h4,7-10,14-15,21,23,32-33H,11-13,16-17H2,1-3H3;7H,1-6,8H2,(H,9,10);1-2H3. The molecule has 2 atom stereocenters. The number of piperidine rings is 1. The van der Waals surface area contributed by atoms with Crippen molar-refractivity contribution in [1.82, 2.24) is 14.8 Å². The van der Waals surface area contributed by atoms with Gasteiger partial charge in [0.15, 0.2) is 0 Å². The van der Waals surface area contributed by atoms with E-state index in [1.807, 2.05) is 50.9 Å². The second-order valence-corrected chi connectivity index (χ2v) is 11.2. The first kappa shape index (κ1) is 42.1. The lowest BCUT2D eigenvalue weighted by Gasteiger charge is -2.33. The second kappa shape index (κ2) is 22.6. The van der Waals surface area contributed by atoms with Crippen LogP contribution in [0, 0.1) is 18.8 Å². The van der Waals surface area contributed by atoms with Crippen LogP contribution in [0.15, 0.2) is 42.5 Å². The van der Waals surface area contributed by atoms with Crippen molar-refractivity contribution in [3.05, 3.63) is 53.7 Å². The first-order chi connectivity index (χ1) is 24.1. The minimum absolute atomic E-state index is 0.219. The Labute approximate surface area is 293 Å². The van der Waals surface area contributed by atoms with Gasteiger partial charge in [-0.05, 0) is 62.2 Å². The van der Waals surface area contributed by atoms with E-state index in [0.717, 1.165) is 17.8 Å². The monoisotopic (exact) mass is 708 g/mol. The number of nitrogens with two attached hydrogens (primary N) is 1. The van der Waals surface area contributed by atoms with Crippen molar-refractivity contribution < 1.29 is 36.6 Å². The van der Waals surface area contributed by atoms with E-state index in [9.17, 15) is 22.4 Å². The van der Waals surface area contributed by atoms with Crippen molar-refractivity contribution in [3.63, 3.8) is 0 Å². The molecule has 2 heterocycles. The number of rotatable bonds is 15. The van der Waals surface area contributed by atoms with Crippen LogP contribution >= 0.6 is 0 Å². The lowest BCUT2D eigenvalue weighted by molar-refractivity contribution is -0.140. The molecule has 0 saturated carbocycles. The number of carbonyl (C=O) groups is 1. The number of nitrogens with one attached hydrogen (secondary N) is 3. The molecule has 0 spiro atoms. The number of alkyl halides is 4. The summed E-state index contributed by atoms with van der Waals surface area (Å²) in [5.41, 5.74) is 8.24. The molecule has 2 unspecified atom stereocenters. The number of fused-ring (bicyclic) bond motifs is 1. The van der Waals surface area contributed by atoms with Crippen molar-refractivity contribution >= 4 is 28.7 Å². The smallest absolute Gasteiger partial charge is 0.406 e. The summed E-state index contributed by atoms with van der Waals surface area (Å²) in [6.07, 6.45) is -4.23. The maximum atomic E-state index is 14.6. The highest BCUT2D eigenvalue weighted by Crippen LogP contribution is 2.32. The third kappa shape index (κ3) is 14.4. The molecule has 50 heavy (non-hydrogen) atoms. The molecule has 4 rings (SSSR count). The molecule has 2 aromatic carbocycles. The number of aromatic nitrogens is 1. The summed E-state index contributed by atoms with van der Waals surface area (Å²) in [5.74, 6) is 6.48. The van der Waals surface area contributed by atoms with Gasteiger partial charge in [-0.15, -0.1) is 0 Å². The fraction of sp³-hybridized carbons (Fsp3) is 0.528. The zero-order valence-corrected chi connectivity index (χ0v) is 29.7. The van der Waals surface area contributed by atoms with E-state index in [2.05, 4.69) is 27.8 Å². The van der Waals surface area contributed by atoms with Gasteiger partial charge >= 0.3 is 6.18 Å². The number of likely N-dealkylation sites (tertiary alicyclic amines) is 1. The normalized spacial score (nSPS) is 15.8. The predicted molar refractivity (Wildman–Crippen MR) is 192 cm³/mol. The van der Waals surface area contributed by atoms with Crippen LogP contribution in [-0.2, 0) is 20.8 Å². The second-order valence-electron chi connectivity index (χ2n) is 11.2. The Balaban J connectivity index is 0.000000526. The number of ether oxygens (including phenoxy) is 3. The molecule has 0 radical (unpaired) electrons. The Morgan fingerprint density at radius 1 is 1.06 bits per heavy atom. The van der Waals surface area contributed by atoms with E-state index >= 15 is 0 Å². The van der Waals surface area contributed by atoms with Gasteiger partial charge in [-0.3, -0.25) is 4.79 Å². The van der Waals surface area contributed by atoms with Gasteiger partial charge in [0.2, 0.25) is 6.41 Å². The Bertz CT molecular complexity index is 1490. The Kier molecular flexibility index (Phi) is 19.1. The van der Waals surface area contributed by atoms with Crippen molar-refractivity contribution in [2.24, 2.45) is 5.73 Å². The van der Waals surface area contributed by atoms with Crippen LogP contribution in [0.3, 0.4) is 0 Å². The fourth-order valence-corrected chi connectivity index (χ4v) is 5.10. The van der Waals surface area contributed by atoms with E-state index in [1.54, 1.807) is 31.4 Å². The van der Waals surface area contributed by atoms with Gasteiger partial charge < -0.3 is 45.4 Å². The molecular weight excluding hydrogens is 656 g/mol. The summed E-state index contributed by atoms with van der Waals surface area (Å²) in [5, 5.41) is 9.45. The lowest BCUT2D eigenvalue weighted by Crippen LogP contribution is -2.46. The van der Waals surface area contributed by atoms with Crippen LogP contribution < -0.4 is 26.4 Å². The molecule has 14 heteroatoms. The molecule has 5 N–H and O–H groups in total. The molecule has 1 aliphatic rings. The molecule has 1 aliphatic heterocycles. The topological polar surface area (TPSA) is 115 Å². The molecule has 10 nitrogen and oxygen atoms in total. The first-order valence-electron chi connectivity index (χ1n) is 16.7. The summed E-state index contributed by atoms with van der Waals surface area (Å²) in [6.45, 7) is 9.33. The van der Waals surface area contributed by atoms with Crippen LogP contribution in [-0.4, -0.2) is 108 Å². The average Bonchev–Trinajstić information content (AvgIpc) is 3.43. The van der Waals surface area contributed by atoms with Gasteiger partial charge in [0.25, 0.3) is 0 Å². The number of methoxy groups -OCH3 is 1. The van der Waals surface area contributed by atoms with Crippen LogP contribution in [0.25, 0.3) is 10.9 Å². The van der Waals surface area contributed by atoms with Crippen LogP contribution in [0.1, 0.15) is 31.5 Å². The van der Waals surface area contributed by atoms with Crippen molar-refractivity contribution in [3.8, 4) is 17.6 Å². The minimum atomic E-state index is -4.42. The zero-order chi connectivity index (χ0) is 36.9. The predicted octanol–water partition coefficient (Wildman–Crippen LogP) is 5.19. The summed E-state index contributed by atoms with van der Waals surface area (Å²) < 4.78 is 71.6. The highest BCUT2D eigenvalue weighted by Gasteiger charge is 2.31. The van der Waals surface area contributed by atoms with Gasteiger partial charge in [-0.25, -0.2) is 4.39 Å². The van der Waals surface area contributed by atoms with E-state index in [-0.39, 0.29) is 12.2 Å². The molecule has 1 aromatic heterocycles. The lowest BCUT2D eigenvalue weighted by atomic mass is 10.0. The summed E-state index contributed by atoms with van der Waals surface area (Å²) >= 11 is 0. The van der Waals surface area contributed by atoms with E-state index in [1.165, 1.54) is 4.57 Å². The number of nitrogens with zero attached hydrogens (tertiary/aromatic N) is 2. The van der Waals surface area contributed by atoms with Crippen LogP contribution in [0.2, 0.25) is 0 Å². The molecule has 1 amide bonds.